The van der Waals surface area contributed by atoms with Crippen molar-refractivity contribution in [1.29, 1.82) is 0 Å². The molecule has 0 fully saturated rings. The van der Waals surface area contributed by atoms with Gasteiger partial charge < -0.3 is 5.11 Å². The van der Waals surface area contributed by atoms with E-state index in [9.17, 15) is 5.11 Å². The van der Waals surface area contributed by atoms with Gasteiger partial charge in [-0.1, -0.05) is 29.8 Å². The number of rotatable bonds is 1. The summed E-state index contributed by atoms with van der Waals surface area (Å²) in [7, 11) is 0. The second-order valence-electron chi connectivity index (χ2n) is 6.22. The Balaban J connectivity index is 1.83. The number of benzene rings is 1. The van der Waals surface area contributed by atoms with E-state index >= 15 is 0 Å². The third-order valence-electron chi connectivity index (χ3n) is 5.04. The molecule has 0 aliphatic heterocycles. The lowest BCUT2D eigenvalue weighted by Gasteiger charge is -2.31. The van der Waals surface area contributed by atoms with Gasteiger partial charge in [0.25, 0.3) is 0 Å². The van der Waals surface area contributed by atoms with Crippen LogP contribution in [0.25, 0.3) is 0 Å². The lowest BCUT2D eigenvalue weighted by molar-refractivity contribution is 0.00800. The number of aliphatic hydroxyl groups is 1. The molecule has 0 bridgehead atoms. The maximum Gasteiger partial charge on any atom is 0.0985 e. The fourth-order valence-corrected chi connectivity index (χ4v) is 4.01. The zero-order chi connectivity index (χ0) is 13.7. The van der Waals surface area contributed by atoms with Crippen LogP contribution in [0.2, 0.25) is 0 Å². The first-order valence-electron chi connectivity index (χ1n) is 7.45. The van der Waals surface area contributed by atoms with Crippen LogP contribution in [0.15, 0.2) is 36.5 Å². The Morgan fingerprint density at radius 3 is 3.00 bits per heavy atom. The van der Waals surface area contributed by atoms with Gasteiger partial charge in [-0.3, -0.25) is 4.98 Å². The average Bonchev–Trinajstić information content (AvgIpc) is 3.02. The molecular weight excluding hydrogens is 246 g/mol. The highest BCUT2D eigenvalue weighted by molar-refractivity contribution is 5.44. The smallest absolute Gasteiger partial charge is 0.0985 e. The molecule has 2 nitrogen and oxygen atoms in total. The molecule has 0 saturated heterocycles. The van der Waals surface area contributed by atoms with Crippen molar-refractivity contribution in [1.82, 2.24) is 4.98 Å². The highest BCUT2D eigenvalue weighted by Crippen LogP contribution is 2.51. The Hall–Kier alpha value is -1.67. The predicted molar refractivity (Wildman–Crippen MR) is 78.7 cm³/mol. The zero-order valence-corrected chi connectivity index (χ0v) is 11.8. The number of hydrogen-bond donors (Lipinski definition) is 1. The number of aryl methyl sites for hydroxylation is 3. The van der Waals surface area contributed by atoms with Crippen molar-refractivity contribution in [2.45, 2.75) is 44.1 Å². The highest BCUT2D eigenvalue weighted by Gasteiger charge is 2.47. The molecule has 2 atom stereocenters. The molecule has 0 saturated carbocycles. The molecule has 0 spiro atoms. The van der Waals surface area contributed by atoms with Gasteiger partial charge in [-0.25, -0.2) is 0 Å². The standard InChI is InChI=1S/C18H19NO/c1-12-4-5-13-8-9-18(20,16(13)11-12)15-7-6-14-3-2-10-19-17(14)15/h2-5,10-11,15,20H,6-9H2,1H3. The molecule has 2 aliphatic rings. The Bertz CT molecular complexity index is 679. The molecule has 1 aromatic carbocycles. The summed E-state index contributed by atoms with van der Waals surface area (Å²) in [6.07, 6.45) is 5.71. The van der Waals surface area contributed by atoms with Crippen LogP contribution < -0.4 is 0 Å². The largest absolute Gasteiger partial charge is 0.384 e. The van der Waals surface area contributed by atoms with Crippen LogP contribution in [0, 0.1) is 6.92 Å². The normalized spacial score (nSPS) is 27.4. The van der Waals surface area contributed by atoms with Crippen LogP contribution in [0.4, 0.5) is 0 Å². The van der Waals surface area contributed by atoms with E-state index in [0.29, 0.717) is 0 Å². The second kappa shape index (κ2) is 4.16. The Morgan fingerprint density at radius 1 is 1.20 bits per heavy atom. The van der Waals surface area contributed by atoms with Crippen molar-refractivity contribution in [3.05, 3.63) is 64.5 Å². The number of aromatic nitrogens is 1. The Morgan fingerprint density at radius 2 is 2.10 bits per heavy atom. The molecule has 2 aromatic rings. The van der Waals surface area contributed by atoms with E-state index in [-0.39, 0.29) is 5.92 Å². The van der Waals surface area contributed by atoms with Crippen molar-refractivity contribution < 1.29 is 5.11 Å². The van der Waals surface area contributed by atoms with Gasteiger partial charge >= 0.3 is 0 Å². The minimum Gasteiger partial charge on any atom is -0.384 e. The van der Waals surface area contributed by atoms with Crippen LogP contribution in [0.3, 0.4) is 0 Å². The fourth-order valence-electron chi connectivity index (χ4n) is 4.01. The summed E-state index contributed by atoms with van der Waals surface area (Å²) in [5.74, 6) is 0.154. The summed E-state index contributed by atoms with van der Waals surface area (Å²) in [4.78, 5) is 4.57. The van der Waals surface area contributed by atoms with Crippen LogP contribution in [0.1, 0.15) is 46.7 Å². The van der Waals surface area contributed by atoms with Gasteiger partial charge in [-0.05, 0) is 55.4 Å². The van der Waals surface area contributed by atoms with Crippen molar-refractivity contribution in [2.75, 3.05) is 0 Å². The Labute approximate surface area is 119 Å². The van der Waals surface area contributed by atoms with Crippen LogP contribution >= 0.6 is 0 Å². The lowest BCUT2D eigenvalue weighted by atomic mass is 9.80. The van der Waals surface area contributed by atoms with Crippen molar-refractivity contribution in [3.8, 4) is 0 Å². The maximum absolute atomic E-state index is 11.4. The molecular formula is C18H19NO. The topological polar surface area (TPSA) is 33.1 Å². The van der Waals surface area contributed by atoms with E-state index in [0.717, 1.165) is 36.9 Å². The maximum atomic E-state index is 11.4. The minimum atomic E-state index is -0.721. The third kappa shape index (κ3) is 1.58. The summed E-state index contributed by atoms with van der Waals surface area (Å²) in [6, 6.07) is 10.6. The molecule has 4 rings (SSSR count). The third-order valence-corrected chi connectivity index (χ3v) is 5.04. The van der Waals surface area contributed by atoms with Gasteiger partial charge in [0.2, 0.25) is 0 Å². The molecule has 1 N–H and O–H groups in total. The number of nitrogens with zero attached hydrogens (tertiary/aromatic N) is 1. The molecule has 2 aliphatic carbocycles. The first-order chi connectivity index (χ1) is 9.68. The van der Waals surface area contributed by atoms with Crippen LogP contribution in [-0.4, -0.2) is 10.1 Å². The van der Waals surface area contributed by atoms with E-state index in [1.54, 1.807) is 0 Å². The molecule has 102 valence electrons. The van der Waals surface area contributed by atoms with Gasteiger partial charge in [0.05, 0.1) is 5.60 Å². The molecule has 2 unspecified atom stereocenters. The van der Waals surface area contributed by atoms with E-state index in [1.807, 2.05) is 12.3 Å². The van der Waals surface area contributed by atoms with Gasteiger partial charge in [0.1, 0.15) is 0 Å². The summed E-state index contributed by atoms with van der Waals surface area (Å²) in [5, 5.41) is 11.4. The molecule has 2 heteroatoms. The number of hydrogen-bond acceptors (Lipinski definition) is 2. The molecule has 1 heterocycles. The van der Waals surface area contributed by atoms with Crippen LogP contribution in [0.5, 0.6) is 0 Å². The average molecular weight is 265 g/mol. The van der Waals surface area contributed by atoms with E-state index in [2.05, 4.69) is 36.2 Å². The van der Waals surface area contributed by atoms with Crippen molar-refractivity contribution in [2.24, 2.45) is 0 Å². The number of pyridine rings is 1. The molecule has 0 radical (unpaired) electrons. The fraction of sp³-hybridized carbons (Fsp3) is 0.389. The molecule has 0 amide bonds. The summed E-state index contributed by atoms with van der Waals surface area (Å²) in [5.41, 5.74) is 5.38. The second-order valence-corrected chi connectivity index (χ2v) is 6.22. The quantitative estimate of drug-likeness (QED) is 0.858. The molecule has 1 aromatic heterocycles. The zero-order valence-electron chi connectivity index (χ0n) is 11.8. The highest BCUT2D eigenvalue weighted by atomic mass is 16.3. The van der Waals surface area contributed by atoms with Crippen LogP contribution in [-0.2, 0) is 18.4 Å². The van der Waals surface area contributed by atoms with Gasteiger partial charge in [-0.2, -0.15) is 0 Å². The van der Waals surface area contributed by atoms with Crippen molar-refractivity contribution in [3.63, 3.8) is 0 Å². The summed E-state index contributed by atoms with van der Waals surface area (Å²) in [6.45, 7) is 2.10. The predicted octanol–water partition coefficient (Wildman–Crippen LogP) is 3.25. The summed E-state index contributed by atoms with van der Waals surface area (Å²) >= 11 is 0. The van der Waals surface area contributed by atoms with Gasteiger partial charge in [0.15, 0.2) is 0 Å². The first-order valence-corrected chi connectivity index (χ1v) is 7.45. The number of fused-ring (bicyclic) bond motifs is 2. The Kier molecular flexibility index (Phi) is 2.52. The SMILES string of the molecule is Cc1ccc2c(c1)C(O)(C1CCc3cccnc31)CC2. The minimum absolute atomic E-state index is 0.154. The summed E-state index contributed by atoms with van der Waals surface area (Å²) < 4.78 is 0. The molecule has 20 heavy (non-hydrogen) atoms. The monoisotopic (exact) mass is 265 g/mol. The van der Waals surface area contributed by atoms with E-state index in [4.69, 9.17) is 0 Å². The van der Waals surface area contributed by atoms with E-state index < -0.39 is 5.60 Å². The van der Waals surface area contributed by atoms with Crippen molar-refractivity contribution >= 4 is 0 Å². The lowest BCUT2D eigenvalue weighted by Crippen LogP contribution is -2.30. The van der Waals surface area contributed by atoms with Gasteiger partial charge in [0, 0.05) is 17.8 Å². The van der Waals surface area contributed by atoms with E-state index in [1.165, 1.54) is 16.7 Å². The van der Waals surface area contributed by atoms with Gasteiger partial charge in [-0.15, -0.1) is 0 Å². The first kappa shape index (κ1) is 12.1.